The molecule has 2 unspecified atom stereocenters. The van der Waals surface area contributed by atoms with Gasteiger partial charge in [-0.05, 0) is 81.5 Å². The minimum atomic E-state index is -0.296. The highest BCUT2D eigenvalue weighted by Gasteiger charge is 2.40. The van der Waals surface area contributed by atoms with Crippen LogP contribution in [-0.2, 0) is 31.8 Å². The second-order valence-electron chi connectivity index (χ2n) is 10.6. The number of carbonyl (C=O) groups is 1. The van der Waals surface area contributed by atoms with Crippen molar-refractivity contribution < 1.29 is 23.4 Å². The Morgan fingerprint density at radius 1 is 1.18 bits per heavy atom. The quantitative estimate of drug-likeness (QED) is 0.340. The molecule has 1 aromatic carbocycles. The number of halogens is 1. The molecule has 0 bridgehead atoms. The molecule has 0 radical (unpaired) electrons. The lowest BCUT2D eigenvalue weighted by molar-refractivity contribution is -0.142. The van der Waals surface area contributed by atoms with E-state index in [0.29, 0.717) is 25.3 Å². The molecule has 3 aliphatic rings. The number of hydrogen-bond donors (Lipinski definition) is 1. The summed E-state index contributed by atoms with van der Waals surface area (Å²) in [7, 11) is 1.40. The van der Waals surface area contributed by atoms with Crippen LogP contribution in [-0.4, -0.2) is 61.9 Å². The van der Waals surface area contributed by atoms with Crippen LogP contribution in [0.2, 0.25) is 0 Å². The number of likely N-dealkylation sites (tertiary alicyclic amines) is 1. The first-order chi connectivity index (χ1) is 18.6. The number of aryl methyl sites for hydroxylation is 2. The summed E-state index contributed by atoms with van der Waals surface area (Å²) in [6.07, 6.45) is 8.21. The second kappa shape index (κ2) is 13.0. The lowest BCUT2D eigenvalue weighted by atomic mass is 9.90. The van der Waals surface area contributed by atoms with Gasteiger partial charge in [-0.25, -0.2) is 4.39 Å². The van der Waals surface area contributed by atoms with Gasteiger partial charge in [0.2, 0.25) is 0 Å². The van der Waals surface area contributed by atoms with Crippen LogP contribution in [0, 0.1) is 5.82 Å². The van der Waals surface area contributed by atoms with Crippen molar-refractivity contribution in [1.29, 1.82) is 0 Å². The molecule has 0 amide bonds. The molecule has 2 saturated heterocycles. The predicted molar refractivity (Wildman–Crippen MR) is 144 cm³/mol. The maximum Gasteiger partial charge on any atom is 0.319 e. The smallest absolute Gasteiger partial charge is 0.319 e. The zero-order valence-electron chi connectivity index (χ0n) is 22.4. The second-order valence-corrected chi connectivity index (χ2v) is 10.6. The van der Waals surface area contributed by atoms with E-state index in [9.17, 15) is 4.79 Å². The zero-order chi connectivity index (χ0) is 26.3. The van der Waals surface area contributed by atoms with Crippen molar-refractivity contribution in [1.82, 2.24) is 9.88 Å². The summed E-state index contributed by atoms with van der Waals surface area (Å²) in [5.41, 5.74) is 4.97. The molecule has 0 aliphatic carbocycles. The van der Waals surface area contributed by atoms with Gasteiger partial charge in [0.25, 0.3) is 0 Å². The Hall–Kier alpha value is -2.55. The van der Waals surface area contributed by atoms with E-state index >= 15 is 4.39 Å². The summed E-state index contributed by atoms with van der Waals surface area (Å²) in [5.74, 6) is -0.541. The van der Waals surface area contributed by atoms with Gasteiger partial charge >= 0.3 is 5.97 Å². The molecular weight excluding hydrogens is 485 g/mol. The first-order valence-corrected chi connectivity index (χ1v) is 14.2. The summed E-state index contributed by atoms with van der Waals surface area (Å²) in [6.45, 7) is 3.13. The zero-order valence-corrected chi connectivity index (χ0v) is 22.4. The number of methoxy groups -OCH3 is 1. The number of esters is 1. The molecule has 3 atom stereocenters. The third-order valence-corrected chi connectivity index (χ3v) is 8.01. The molecule has 0 saturated carbocycles. The largest absolute Gasteiger partial charge is 0.468 e. The van der Waals surface area contributed by atoms with Crippen molar-refractivity contribution in [2.24, 2.45) is 0 Å². The molecule has 7 nitrogen and oxygen atoms in total. The van der Waals surface area contributed by atoms with E-state index in [0.717, 1.165) is 75.6 Å². The SMILES string of the molecule is COC(=O)CN1CCC(OCCCCc2ccc3c(n2)CCCN3)C1c1cccc(F)c1[C@@H]1CCCCO1. The minimum absolute atomic E-state index is 0.128. The molecule has 1 aromatic heterocycles. The Labute approximate surface area is 225 Å². The van der Waals surface area contributed by atoms with Crippen molar-refractivity contribution in [3.8, 4) is 0 Å². The van der Waals surface area contributed by atoms with Crippen LogP contribution in [0.25, 0.3) is 0 Å². The van der Waals surface area contributed by atoms with Crippen LogP contribution >= 0.6 is 0 Å². The fraction of sp³-hybridized carbons (Fsp3) is 0.600. The van der Waals surface area contributed by atoms with E-state index in [2.05, 4.69) is 22.3 Å². The number of unbranched alkanes of at least 4 members (excludes halogenated alkanes) is 1. The van der Waals surface area contributed by atoms with E-state index in [4.69, 9.17) is 19.2 Å². The number of fused-ring (bicyclic) bond motifs is 1. The summed E-state index contributed by atoms with van der Waals surface area (Å²) < 4.78 is 32.7. The predicted octanol–water partition coefficient (Wildman–Crippen LogP) is 5.15. The maximum atomic E-state index is 15.2. The Kier molecular flexibility index (Phi) is 9.25. The number of nitrogens with zero attached hydrogens (tertiary/aromatic N) is 2. The molecule has 2 fully saturated rings. The number of anilines is 1. The highest BCUT2D eigenvalue weighted by Crippen LogP contribution is 2.41. The Balaban J connectivity index is 1.24. The summed E-state index contributed by atoms with van der Waals surface area (Å²) in [5, 5.41) is 3.42. The monoisotopic (exact) mass is 525 g/mol. The average Bonchev–Trinajstić information content (AvgIpc) is 3.34. The van der Waals surface area contributed by atoms with Gasteiger partial charge in [-0.15, -0.1) is 0 Å². The minimum Gasteiger partial charge on any atom is -0.468 e. The van der Waals surface area contributed by atoms with Crippen LogP contribution in [0.15, 0.2) is 30.3 Å². The van der Waals surface area contributed by atoms with Gasteiger partial charge in [0.1, 0.15) is 5.82 Å². The molecule has 8 heteroatoms. The van der Waals surface area contributed by atoms with Gasteiger partial charge in [0.05, 0.1) is 43.3 Å². The number of hydrogen-bond acceptors (Lipinski definition) is 7. The highest BCUT2D eigenvalue weighted by molar-refractivity contribution is 5.71. The van der Waals surface area contributed by atoms with Crippen LogP contribution < -0.4 is 5.32 Å². The van der Waals surface area contributed by atoms with Crippen LogP contribution in [0.5, 0.6) is 0 Å². The third-order valence-electron chi connectivity index (χ3n) is 8.01. The number of pyridine rings is 1. The Morgan fingerprint density at radius 3 is 2.95 bits per heavy atom. The lowest BCUT2D eigenvalue weighted by Gasteiger charge is -2.32. The van der Waals surface area contributed by atoms with Gasteiger partial charge in [-0.3, -0.25) is 14.7 Å². The molecular formula is C30H40FN3O4. The van der Waals surface area contributed by atoms with E-state index in [1.807, 2.05) is 6.07 Å². The van der Waals surface area contributed by atoms with E-state index < -0.39 is 0 Å². The van der Waals surface area contributed by atoms with Crippen LogP contribution in [0.1, 0.15) is 79.6 Å². The Bertz CT molecular complexity index is 1090. The van der Waals surface area contributed by atoms with Gasteiger partial charge < -0.3 is 19.5 Å². The summed E-state index contributed by atoms with van der Waals surface area (Å²) in [6, 6.07) is 9.29. The molecule has 38 heavy (non-hydrogen) atoms. The fourth-order valence-electron chi connectivity index (χ4n) is 6.08. The fourth-order valence-corrected chi connectivity index (χ4v) is 6.08. The van der Waals surface area contributed by atoms with Crippen molar-refractivity contribution in [2.75, 3.05) is 45.3 Å². The normalized spacial score (nSPS) is 23.6. The van der Waals surface area contributed by atoms with E-state index in [1.165, 1.54) is 24.6 Å². The average molecular weight is 526 g/mol. The molecule has 206 valence electrons. The van der Waals surface area contributed by atoms with Crippen molar-refractivity contribution in [3.63, 3.8) is 0 Å². The number of nitrogens with one attached hydrogen (secondary N) is 1. The maximum absolute atomic E-state index is 15.2. The Morgan fingerprint density at radius 2 is 2.11 bits per heavy atom. The standard InChI is InChI=1S/C30H40FN3O4/c1-36-28(35)20-34-17-15-27(30(34)22-9-6-10-23(31)29(22)26-12-3-5-18-37-26)38-19-4-2-8-21-13-14-24-25(33-21)11-7-16-32-24/h6,9-10,13-14,26-27,30,32H,2-5,7-8,11-12,15-20H2,1H3/t26-,27?,30?/m0/s1. The number of rotatable bonds is 10. The molecule has 4 heterocycles. The van der Waals surface area contributed by atoms with Gasteiger partial charge in [-0.1, -0.05) is 12.1 Å². The lowest BCUT2D eigenvalue weighted by Crippen LogP contribution is -2.35. The molecule has 0 spiro atoms. The first kappa shape index (κ1) is 27.0. The van der Waals surface area contributed by atoms with Gasteiger partial charge in [0, 0.05) is 37.6 Å². The van der Waals surface area contributed by atoms with E-state index in [-0.39, 0.29) is 36.6 Å². The van der Waals surface area contributed by atoms with E-state index in [1.54, 1.807) is 6.07 Å². The number of carbonyl (C=O) groups excluding carboxylic acids is 1. The number of ether oxygens (including phenoxy) is 3. The van der Waals surface area contributed by atoms with Gasteiger partial charge in [0.15, 0.2) is 0 Å². The van der Waals surface area contributed by atoms with Crippen LogP contribution in [0.4, 0.5) is 10.1 Å². The number of aromatic nitrogens is 1. The van der Waals surface area contributed by atoms with Gasteiger partial charge in [-0.2, -0.15) is 0 Å². The molecule has 3 aliphatic heterocycles. The van der Waals surface area contributed by atoms with Crippen molar-refractivity contribution in [3.05, 3.63) is 58.7 Å². The molecule has 2 aromatic rings. The first-order valence-electron chi connectivity index (χ1n) is 14.2. The summed E-state index contributed by atoms with van der Waals surface area (Å²) >= 11 is 0. The van der Waals surface area contributed by atoms with Crippen molar-refractivity contribution >= 4 is 11.7 Å². The van der Waals surface area contributed by atoms with Crippen LogP contribution in [0.3, 0.4) is 0 Å². The third kappa shape index (κ3) is 6.35. The summed E-state index contributed by atoms with van der Waals surface area (Å²) in [4.78, 5) is 19.1. The molecule has 5 rings (SSSR count). The number of benzene rings is 1. The van der Waals surface area contributed by atoms with Crippen molar-refractivity contribution in [2.45, 2.75) is 76.0 Å². The molecule has 1 N–H and O–H groups in total. The topological polar surface area (TPSA) is 72.9 Å². The highest BCUT2D eigenvalue weighted by atomic mass is 19.1.